The Bertz CT molecular complexity index is 872. The summed E-state index contributed by atoms with van der Waals surface area (Å²) in [6, 6.07) is 8.05. The lowest BCUT2D eigenvalue weighted by Crippen LogP contribution is -2.21. The quantitative estimate of drug-likeness (QED) is 0.414. The second-order valence-electron chi connectivity index (χ2n) is 5.35. The zero-order valence-electron chi connectivity index (χ0n) is 15.4. The average Bonchev–Trinajstić information content (AvgIpc) is 2.71. The SMILES string of the molecule is COc1cc(NC(=O)COC(=O)c2cccc([N+](=O)[O-])c2)cc(OC)c1OC. The van der Waals surface area contributed by atoms with Gasteiger partial charge in [-0.2, -0.15) is 0 Å². The lowest BCUT2D eigenvalue weighted by atomic mass is 10.2. The van der Waals surface area contributed by atoms with Gasteiger partial charge in [-0.15, -0.1) is 0 Å². The molecule has 2 rings (SSSR count). The van der Waals surface area contributed by atoms with Gasteiger partial charge < -0.3 is 24.3 Å². The van der Waals surface area contributed by atoms with Crippen molar-refractivity contribution < 1.29 is 33.5 Å². The maximum absolute atomic E-state index is 12.1. The van der Waals surface area contributed by atoms with Crippen molar-refractivity contribution in [3.63, 3.8) is 0 Å². The number of hydrogen-bond donors (Lipinski definition) is 1. The minimum absolute atomic E-state index is 0.0326. The fraction of sp³-hybridized carbons (Fsp3) is 0.222. The van der Waals surface area contributed by atoms with Crippen LogP contribution in [0, 0.1) is 10.1 Å². The van der Waals surface area contributed by atoms with Crippen molar-refractivity contribution in [2.75, 3.05) is 33.3 Å². The molecule has 0 fully saturated rings. The third kappa shape index (κ3) is 4.87. The minimum Gasteiger partial charge on any atom is -0.493 e. The lowest BCUT2D eigenvalue weighted by Gasteiger charge is -2.14. The number of nitro groups is 1. The van der Waals surface area contributed by atoms with Gasteiger partial charge in [0.05, 0.1) is 31.8 Å². The molecule has 1 N–H and O–H groups in total. The van der Waals surface area contributed by atoms with Crippen molar-refractivity contribution in [2.24, 2.45) is 0 Å². The van der Waals surface area contributed by atoms with Gasteiger partial charge in [0.2, 0.25) is 5.75 Å². The molecule has 0 aliphatic heterocycles. The van der Waals surface area contributed by atoms with Gasteiger partial charge in [-0.1, -0.05) is 6.07 Å². The van der Waals surface area contributed by atoms with Gasteiger partial charge in [0, 0.05) is 30.0 Å². The number of amides is 1. The Morgan fingerprint density at radius 2 is 1.68 bits per heavy atom. The number of carbonyl (C=O) groups is 2. The number of hydrogen-bond acceptors (Lipinski definition) is 8. The van der Waals surface area contributed by atoms with Gasteiger partial charge in [-0.25, -0.2) is 4.79 Å². The predicted octanol–water partition coefficient (Wildman–Crippen LogP) is 2.42. The van der Waals surface area contributed by atoms with Crippen LogP contribution in [0.2, 0.25) is 0 Å². The van der Waals surface area contributed by atoms with Crippen LogP contribution in [0.5, 0.6) is 17.2 Å². The number of ether oxygens (including phenoxy) is 4. The van der Waals surface area contributed by atoms with Crippen molar-refractivity contribution in [3.05, 3.63) is 52.1 Å². The van der Waals surface area contributed by atoms with Gasteiger partial charge in [0.25, 0.3) is 11.6 Å². The first kappa shape index (κ1) is 20.5. The zero-order valence-corrected chi connectivity index (χ0v) is 15.4. The fourth-order valence-electron chi connectivity index (χ4n) is 2.31. The third-order valence-electron chi connectivity index (χ3n) is 3.58. The zero-order chi connectivity index (χ0) is 20.7. The summed E-state index contributed by atoms with van der Waals surface area (Å²) in [6.45, 7) is -0.585. The van der Waals surface area contributed by atoms with Crippen molar-refractivity contribution in [2.45, 2.75) is 0 Å². The summed E-state index contributed by atoms with van der Waals surface area (Å²) < 4.78 is 20.5. The lowest BCUT2D eigenvalue weighted by molar-refractivity contribution is -0.384. The molecule has 0 unspecified atom stereocenters. The van der Waals surface area contributed by atoms with Gasteiger partial charge in [-0.05, 0) is 6.07 Å². The van der Waals surface area contributed by atoms with E-state index < -0.39 is 23.4 Å². The van der Waals surface area contributed by atoms with Gasteiger partial charge in [0.15, 0.2) is 18.1 Å². The summed E-state index contributed by atoms with van der Waals surface area (Å²) in [5, 5.41) is 13.3. The molecular formula is C18H18N2O8. The molecule has 1 amide bonds. The first-order valence-electron chi connectivity index (χ1n) is 7.91. The molecular weight excluding hydrogens is 372 g/mol. The molecule has 2 aromatic carbocycles. The van der Waals surface area contributed by atoms with Crippen LogP contribution in [0.3, 0.4) is 0 Å². The predicted molar refractivity (Wildman–Crippen MR) is 98.1 cm³/mol. The number of nitrogens with one attached hydrogen (secondary N) is 1. The summed E-state index contributed by atoms with van der Waals surface area (Å²) in [6.07, 6.45) is 0. The summed E-state index contributed by atoms with van der Waals surface area (Å²) in [5.41, 5.74) is 0.0528. The van der Waals surface area contributed by atoms with Crippen LogP contribution in [0.4, 0.5) is 11.4 Å². The number of methoxy groups -OCH3 is 3. The molecule has 0 saturated carbocycles. The van der Waals surface area contributed by atoms with Crippen LogP contribution >= 0.6 is 0 Å². The van der Waals surface area contributed by atoms with E-state index in [0.717, 1.165) is 6.07 Å². The first-order chi connectivity index (χ1) is 13.4. The van der Waals surface area contributed by atoms with Crippen LogP contribution in [0.25, 0.3) is 0 Å². The van der Waals surface area contributed by atoms with Crippen molar-refractivity contribution in [3.8, 4) is 17.2 Å². The topological polar surface area (TPSA) is 126 Å². The molecule has 0 aliphatic rings. The van der Waals surface area contributed by atoms with Crippen LogP contribution < -0.4 is 19.5 Å². The molecule has 0 heterocycles. The first-order valence-corrected chi connectivity index (χ1v) is 7.91. The number of esters is 1. The second kappa shape index (κ2) is 9.21. The maximum Gasteiger partial charge on any atom is 0.338 e. The Balaban J connectivity index is 2.03. The molecule has 0 aromatic heterocycles. The van der Waals surface area contributed by atoms with E-state index in [1.54, 1.807) is 0 Å². The highest BCUT2D eigenvalue weighted by Gasteiger charge is 2.17. The molecule has 0 atom stereocenters. The van der Waals surface area contributed by atoms with E-state index in [9.17, 15) is 19.7 Å². The van der Waals surface area contributed by atoms with Crippen LogP contribution in [0.1, 0.15) is 10.4 Å². The normalized spacial score (nSPS) is 9.96. The molecule has 2 aromatic rings. The standard InChI is InChI=1S/C18H18N2O8/c1-25-14-8-12(9-15(26-2)17(14)27-3)19-16(21)10-28-18(22)11-5-4-6-13(7-11)20(23)24/h4-9H,10H2,1-3H3,(H,19,21). The number of anilines is 1. The number of nitro benzene ring substituents is 1. The largest absolute Gasteiger partial charge is 0.493 e. The van der Waals surface area contributed by atoms with E-state index in [2.05, 4.69) is 5.32 Å². The molecule has 0 saturated heterocycles. The Kier molecular flexibility index (Phi) is 6.74. The summed E-state index contributed by atoms with van der Waals surface area (Å²) in [7, 11) is 4.32. The molecule has 0 bridgehead atoms. The number of benzene rings is 2. The smallest absolute Gasteiger partial charge is 0.338 e. The Hall–Kier alpha value is -3.82. The molecule has 0 radical (unpaired) electrons. The third-order valence-corrected chi connectivity index (χ3v) is 3.58. The highest BCUT2D eigenvalue weighted by atomic mass is 16.6. The second-order valence-corrected chi connectivity index (χ2v) is 5.35. The fourth-order valence-corrected chi connectivity index (χ4v) is 2.31. The van der Waals surface area contributed by atoms with Gasteiger partial charge in [0.1, 0.15) is 0 Å². The molecule has 10 nitrogen and oxygen atoms in total. The minimum atomic E-state index is -0.858. The van der Waals surface area contributed by atoms with E-state index in [0.29, 0.717) is 22.9 Å². The molecule has 148 valence electrons. The summed E-state index contributed by atoms with van der Waals surface area (Å²) in [5.74, 6) is -0.437. The molecule has 10 heteroatoms. The van der Waals surface area contributed by atoms with E-state index in [1.807, 2.05) is 0 Å². The van der Waals surface area contributed by atoms with Crippen LogP contribution in [0.15, 0.2) is 36.4 Å². The molecule has 0 spiro atoms. The number of non-ortho nitro benzene ring substituents is 1. The maximum atomic E-state index is 12.1. The monoisotopic (exact) mass is 390 g/mol. The van der Waals surface area contributed by atoms with E-state index in [4.69, 9.17) is 18.9 Å². The molecule has 0 aliphatic carbocycles. The van der Waals surface area contributed by atoms with Crippen LogP contribution in [-0.4, -0.2) is 44.7 Å². The van der Waals surface area contributed by atoms with E-state index >= 15 is 0 Å². The number of nitrogens with zero attached hydrogens (tertiary/aromatic N) is 1. The Labute approximate surface area is 160 Å². The highest BCUT2D eigenvalue weighted by Crippen LogP contribution is 2.39. The van der Waals surface area contributed by atoms with E-state index in [1.165, 1.54) is 51.7 Å². The number of rotatable bonds is 8. The Morgan fingerprint density at radius 3 is 2.21 bits per heavy atom. The van der Waals surface area contributed by atoms with Crippen LogP contribution in [-0.2, 0) is 9.53 Å². The highest BCUT2D eigenvalue weighted by molar-refractivity contribution is 5.96. The van der Waals surface area contributed by atoms with Crippen molar-refractivity contribution in [1.29, 1.82) is 0 Å². The summed E-state index contributed by atoms with van der Waals surface area (Å²) >= 11 is 0. The van der Waals surface area contributed by atoms with Gasteiger partial charge >= 0.3 is 5.97 Å². The van der Waals surface area contributed by atoms with Crippen molar-refractivity contribution >= 4 is 23.3 Å². The van der Waals surface area contributed by atoms with Gasteiger partial charge in [-0.3, -0.25) is 14.9 Å². The Morgan fingerprint density at radius 1 is 1.04 bits per heavy atom. The van der Waals surface area contributed by atoms with Crippen molar-refractivity contribution in [1.82, 2.24) is 0 Å². The number of carbonyl (C=O) groups excluding carboxylic acids is 2. The van der Waals surface area contributed by atoms with E-state index in [-0.39, 0.29) is 11.3 Å². The summed E-state index contributed by atoms with van der Waals surface area (Å²) in [4.78, 5) is 34.2. The average molecular weight is 390 g/mol. The molecule has 28 heavy (non-hydrogen) atoms.